The van der Waals surface area contributed by atoms with Gasteiger partial charge in [0.05, 0.1) is 13.7 Å². The molecule has 0 aromatic heterocycles. The zero-order valence-corrected chi connectivity index (χ0v) is 31.9. The average Bonchev–Trinajstić information content (AvgIpc) is 2.95. The minimum atomic E-state index is -0.795. The molecule has 3 amide bonds. The van der Waals surface area contributed by atoms with E-state index >= 15 is 0 Å². The predicted molar refractivity (Wildman–Crippen MR) is 196 cm³/mol. The molecule has 1 aromatic carbocycles. The number of carbonyl (C=O) groups is 3. The van der Waals surface area contributed by atoms with Crippen LogP contribution in [0, 0.1) is 5.41 Å². The van der Waals surface area contributed by atoms with E-state index in [1.165, 1.54) is 7.11 Å². The molecule has 1 aromatic rings. The quantitative estimate of drug-likeness (QED) is 0.0488. The van der Waals surface area contributed by atoms with Crippen molar-refractivity contribution in [2.24, 2.45) is 4.99 Å². The monoisotopic (exact) mass is 706 g/mol. The standard InChI is InChI=1S/C36H62N6O8/c1-34(2,3)48-31(43)40-29(37)26-19-20-27(28(25-26)46-10)47-24-18-17-22-38-21-15-13-11-12-14-16-23-39-30(41-32(44)49-35(4,5)6)42-33(45)50-36(7,8)9/h19-20,25,38H,11-18,21-24H2,1-10H3,(H2,37,40,43)(H2,39,41,42,44,45). The van der Waals surface area contributed by atoms with Gasteiger partial charge in [0.2, 0.25) is 5.96 Å². The minimum absolute atomic E-state index is 0.00761. The Labute approximate surface area is 298 Å². The van der Waals surface area contributed by atoms with Crippen LogP contribution in [0.1, 0.15) is 119 Å². The van der Waals surface area contributed by atoms with Gasteiger partial charge in [0.15, 0.2) is 11.5 Å². The SMILES string of the molecule is COc1cc(C(=N)NC(=O)OC(C)(C)C)ccc1OCCCCNCCCCCCCCN/C(=N/C(=O)OC(C)(C)C)NC(=O)OC(C)(C)C. The number of amides is 3. The van der Waals surface area contributed by atoms with Crippen molar-refractivity contribution in [3.63, 3.8) is 0 Å². The van der Waals surface area contributed by atoms with Gasteiger partial charge >= 0.3 is 18.3 Å². The zero-order valence-electron chi connectivity index (χ0n) is 31.9. The van der Waals surface area contributed by atoms with Crippen LogP contribution in [0.15, 0.2) is 23.2 Å². The van der Waals surface area contributed by atoms with Crippen LogP contribution in [-0.4, -0.2) is 80.2 Å². The lowest BCUT2D eigenvalue weighted by Crippen LogP contribution is -2.44. The molecule has 0 spiro atoms. The maximum absolute atomic E-state index is 12.2. The molecule has 0 atom stereocenters. The normalized spacial score (nSPS) is 12.1. The van der Waals surface area contributed by atoms with E-state index in [4.69, 9.17) is 29.1 Å². The number of ether oxygens (including phenoxy) is 5. The van der Waals surface area contributed by atoms with Gasteiger partial charge in [0.1, 0.15) is 22.6 Å². The van der Waals surface area contributed by atoms with Gasteiger partial charge in [-0.3, -0.25) is 16.0 Å². The average molecular weight is 707 g/mol. The van der Waals surface area contributed by atoms with Crippen molar-refractivity contribution in [3.8, 4) is 11.5 Å². The molecule has 0 aliphatic carbocycles. The number of hydrogen-bond donors (Lipinski definition) is 5. The molecule has 0 saturated carbocycles. The molecular weight excluding hydrogens is 644 g/mol. The number of nitrogens with one attached hydrogen (secondary N) is 5. The topological polar surface area (TPSA) is 182 Å². The van der Waals surface area contributed by atoms with Crippen molar-refractivity contribution >= 4 is 30.1 Å². The van der Waals surface area contributed by atoms with Crippen molar-refractivity contribution < 1.29 is 38.1 Å². The Morgan fingerprint density at radius 3 is 1.76 bits per heavy atom. The number of unbranched alkanes of at least 4 members (excludes halogenated alkanes) is 6. The van der Waals surface area contributed by atoms with Crippen LogP contribution in [0.4, 0.5) is 14.4 Å². The van der Waals surface area contributed by atoms with Crippen molar-refractivity contribution in [1.82, 2.24) is 21.3 Å². The van der Waals surface area contributed by atoms with Crippen LogP contribution in [0.5, 0.6) is 11.5 Å². The first-order valence-electron chi connectivity index (χ1n) is 17.4. The van der Waals surface area contributed by atoms with Gasteiger partial charge in [0, 0.05) is 12.1 Å². The lowest BCUT2D eigenvalue weighted by molar-refractivity contribution is 0.0547. The van der Waals surface area contributed by atoms with Crippen LogP contribution in [0.3, 0.4) is 0 Å². The molecule has 14 nitrogen and oxygen atoms in total. The molecule has 14 heteroatoms. The van der Waals surface area contributed by atoms with Crippen molar-refractivity contribution in [2.75, 3.05) is 33.4 Å². The Kier molecular flexibility index (Phi) is 19.2. The number of alkyl carbamates (subject to hydrolysis) is 2. The van der Waals surface area contributed by atoms with Gasteiger partial charge in [-0.1, -0.05) is 25.7 Å². The summed E-state index contributed by atoms with van der Waals surface area (Å²) in [5.74, 6) is 0.987. The fourth-order valence-corrected chi connectivity index (χ4v) is 4.26. The Morgan fingerprint density at radius 2 is 1.20 bits per heavy atom. The number of amidine groups is 1. The first-order valence-corrected chi connectivity index (χ1v) is 17.4. The summed E-state index contributed by atoms with van der Waals surface area (Å²) in [4.78, 5) is 40.2. The molecule has 0 bridgehead atoms. The largest absolute Gasteiger partial charge is 0.493 e. The van der Waals surface area contributed by atoms with Crippen molar-refractivity contribution in [2.45, 2.75) is 130 Å². The summed E-state index contributed by atoms with van der Waals surface area (Å²) in [5.41, 5.74) is -1.56. The third-order valence-corrected chi connectivity index (χ3v) is 6.37. The zero-order chi connectivity index (χ0) is 37.8. The highest BCUT2D eigenvalue weighted by molar-refractivity contribution is 6.05. The van der Waals surface area contributed by atoms with E-state index in [0.717, 1.165) is 64.5 Å². The molecule has 0 aliphatic rings. The fourth-order valence-electron chi connectivity index (χ4n) is 4.26. The number of carbonyl (C=O) groups excluding carboxylic acids is 3. The molecule has 0 heterocycles. The molecule has 5 N–H and O–H groups in total. The third kappa shape index (κ3) is 22.5. The summed E-state index contributed by atoms with van der Waals surface area (Å²) in [6.45, 7) is 18.7. The number of aliphatic imine (C=N–C) groups is 1. The molecule has 1 rings (SSSR count). The fraction of sp³-hybridized carbons (Fsp3) is 0.694. The number of nitrogens with zero attached hydrogens (tertiary/aromatic N) is 1. The summed E-state index contributed by atoms with van der Waals surface area (Å²) in [5, 5.41) is 19.6. The van der Waals surface area contributed by atoms with Gasteiger partial charge < -0.3 is 34.3 Å². The number of guanidine groups is 1. The van der Waals surface area contributed by atoms with E-state index in [-0.39, 0.29) is 11.8 Å². The first-order chi connectivity index (χ1) is 23.3. The molecule has 0 saturated heterocycles. The van der Waals surface area contributed by atoms with Crippen LogP contribution in [0.25, 0.3) is 0 Å². The van der Waals surface area contributed by atoms with Crippen LogP contribution >= 0.6 is 0 Å². The van der Waals surface area contributed by atoms with Crippen LogP contribution in [-0.2, 0) is 14.2 Å². The van der Waals surface area contributed by atoms with Crippen molar-refractivity contribution in [3.05, 3.63) is 23.8 Å². The molecule has 284 valence electrons. The van der Waals surface area contributed by atoms with Crippen LogP contribution in [0.2, 0.25) is 0 Å². The maximum Gasteiger partial charge on any atom is 0.437 e. The summed E-state index contributed by atoms with van der Waals surface area (Å²) in [6.07, 6.45) is 5.97. The van der Waals surface area contributed by atoms with E-state index in [1.807, 2.05) is 0 Å². The Bertz CT molecular complexity index is 1250. The Morgan fingerprint density at radius 1 is 0.680 bits per heavy atom. The highest BCUT2D eigenvalue weighted by Crippen LogP contribution is 2.28. The Balaban J connectivity index is 2.22. The predicted octanol–water partition coefficient (Wildman–Crippen LogP) is 7.04. The lowest BCUT2D eigenvalue weighted by Gasteiger charge is -2.21. The molecule has 50 heavy (non-hydrogen) atoms. The van der Waals surface area contributed by atoms with Gasteiger partial charge in [0.25, 0.3) is 0 Å². The molecule has 0 unspecified atom stereocenters. The Hall–Kier alpha value is -4.07. The van der Waals surface area contributed by atoms with Gasteiger partial charge in [-0.2, -0.15) is 0 Å². The summed E-state index contributed by atoms with van der Waals surface area (Å²) < 4.78 is 27.0. The lowest BCUT2D eigenvalue weighted by atomic mass is 10.1. The van der Waals surface area contributed by atoms with Crippen molar-refractivity contribution in [1.29, 1.82) is 5.41 Å². The minimum Gasteiger partial charge on any atom is -0.493 e. The van der Waals surface area contributed by atoms with E-state index in [2.05, 4.69) is 26.3 Å². The molecule has 0 aliphatic heterocycles. The highest BCUT2D eigenvalue weighted by Gasteiger charge is 2.21. The van der Waals surface area contributed by atoms with Gasteiger partial charge in [-0.25, -0.2) is 14.4 Å². The van der Waals surface area contributed by atoms with E-state index in [1.54, 1.807) is 80.5 Å². The van der Waals surface area contributed by atoms with Gasteiger partial charge in [-0.15, -0.1) is 4.99 Å². The molecule has 0 radical (unpaired) electrons. The number of hydrogen-bond acceptors (Lipinski definition) is 10. The van der Waals surface area contributed by atoms with E-state index in [0.29, 0.717) is 30.2 Å². The third-order valence-electron chi connectivity index (χ3n) is 6.37. The molecular formula is C36H62N6O8. The van der Waals surface area contributed by atoms with Gasteiger partial charge in [-0.05, 0) is 119 Å². The van der Waals surface area contributed by atoms with E-state index in [9.17, 15) is 14.4 Å². The summed E-state index contributed by atoms with van der Waals surface area (Å²) in [6, 6.07) is 5.08. The maximum atomic E-state index is 12.2. The smallest absolute Gasteiger partial charge is 0.437 e. The number of methoxy groups -OCH3 is 1. The highest BCUT2D eigenvalue weighted by atomic mass is 16.6. The summed E-state index contributed by atoms with van der Waals surface area (Å²) >= 11 is 0. The number of rotatable bonds is 17. The van der Waals surface area contributed by atoms with E-state index < -0.39 is 35.1 Å². The second-order valence-corrected chi connectivity index (χ2v) is 14.8. The first kappa shape index (κ1) is 44.0. The second kappa shape index (κ2) is 21.9. The number of benzene rings is 1. The molecule has 0 fully saturated rings. The second-order valence-electron chi connectivity index (χ2n) is 14.8. The summed E-state index contributed by atoms with van der Waals surface area (Å²) in [7, 11) is 1.54. The van der Waals surface area contributed by atoms with Crippen LogP contribution < -0.4 is 30.7 Å².